The van der Waals surface area contributed by atoms with Crippen molar-refractivity contribution in [3.63, 3.8) is 0 Å². The number of nitro groups is 1. The normalized spacial score (nSPS) is 10.6. The third-order valence-corrected chi connectivity index (χ3v) is 4.38. The molecule has 0 fully saturated rings. The highest BCUT2D eigenvalue weighted by atomic mass is 35.5. The van der Waals surface area contributed by atoms with Crippen molar-refractivity contribution in [2.75, 3.05) is 6.54 Å². The molecule has 0 spiro atoms. The molecular formula is C19H14ClFN4O4. The third-order valence-electron chi connectivity index (χ3n) is 4.07. The summed E-state index contributed by atoms with van der Waals surface area (Å²) in [5.74, 6) is -0.903. The van der Waals surface area contributed by atoms with E-state index in [0.717, 1.165) is 6.07 Å². The minimum atomic E-state index is -0.609. The third kappa shape index (κ3) is 4.82. The van der Waals surface area contributed by atoms with E-state index in [1.165, 1.54) is 53.4 Å². The van der Waals surface area contributed by atoms with Crippen molar-refractivity contribution in [3.8, 4) is 11.3 Å². The summed E-state index contributed by atoms with van der Waals surface area (Å²) in [6.45, 7) is 0.273. The maximum absolute atomic E-state index is 13.0. The Balaban J connectivity index is 1.63. The van der Waals surface area contributed by atoms with E-state index in [1.54, 1.807) is 0 Å². The number of carbonyl (C=O) groups is 1. The van der Waals surface area contributed by atoms with Crippen LogP contribution < -0.4 is 10.9 Å². The lowest BCUT2D eigenvalue weighted by molar-refractivity contribution is -0.384. The molecule has 0 saturated carbocycles. The first-order valence-corrected chi connectivity index (χ1v) is 8.77. The van der Waals surface area contributed by atoms with Gasteiger partial charge < -0.3 is 5.32 Å². The van der Waals surface area contributed by atoms with Crippen LogP contribution in [0.5, 0.6) is 0 Å². The van der Waals surface area contributed by atoms with Gasteiger partial charge in [-0.2, -0.15) is 0 Å². The quantitative estimate of drug-likeness (QED) is 0.491. The summed E-state index contributed by atoms with van der Waals surface area (Å²) in [7, 11) is 0. The van der Waals surface area contributed by atoms with Crippen molar-refractivity contribution >= 4 is 23.2 Å². The van der Waals surface area contributed by atoms with E-state index in [4.69, 9.17) is 11.6 Å². The molecule has 3 aromatic rings. The second-order valence-electron chi connectivity index (χ2n) is 5.99. The first-order chi connectivity index (χ1) is 13.8. The van der Waals surface area contributed by atoms with Crippen LogP contribution in [0, 0.1) is 15.9 Å². The van der Waals surface area contributed by atoms with Crippen LogP contribution in [0.15, 0.2) is 59.7 Å². The molecule has 1 aromatic heterocycles. The van der Waals surface area contributed by atoms with Crippen LogP contribution in [0.2, 0.25) is 5.02 Å². The summed E-state index contributed by atoms with van der Waals surface area (Å²) in [6, 6.07) is 10.5. The standard InChI is InChI=1S/C19H14ClFN4O4/c20-16-9-14(25(28)29)5-6-15(16)19(27)22-7-8-24-11-23-17(10-18(24)26)12-1-3-13(21)4-2-12/h1-6,9-11H,7-8H2,(H,22,27). The molecule has 148 valence electrons. The fourth-order valence-electron chi connectivity index (χ4n) is 2.56. The number of halogens is 2. The smallest absolute Gasteiger partial charge is 0.270 e. The highest BCUT2D eigenvalue weighted by molar-refractivity contribution is 6.34. The molecule has 0 saturated heterocycles. The highest BCUT2D eigenvalue weighted by Gasteiger charge is 2.14. The molecule has 3 rings (SSSR count). The molecule has 0 radical (unpaired) electrons. The number of nitro benzene ring substituents is 1. The van der Waals surface area contributed by atoms with Crippen LogP contribution >= 0.6 is 11.6 Å². The maximum Gasteiger partial charge on any atom is 0.270 e. The topological polar surface area (TPSA) is 107 Å². The fourth-order valence-corrected chi connectivity index (χ4v) is 2.82. The SMILES string of the molecule is O=C(NCCn1cnc(-c2ccc(F)cc2)cc1=O)c1ccc([N+](=O)[O-])cc1Cl. The number of amides is 1. The molecule has 10 heteroatoms. The van der Waals surface area contributed by atoms with E-state index in [9.17, 15) is 24.1 Å². The van der Waals surface area contributed by atoms with Gasteiger partial charge in [0.05, 0.1) is 27.5 Å². The second kappa shape index (κ2) is 8.61. The van der Waals surface area contributed by atoms with Gasteiger partial charge in [0.2, 0.25) is 0 Å². The molecule has 1 amide bonds. The molecule has 0 bridgehead atoms. The summed E-state index contributed by atoms with van der Waals surface area (Å²) in [5.41, 5.74) is 0.562. The van der Waals surface area contributed by atoms with Crippen LogP contribution in [-0.4, -0.2) is 26.9 Å². The van der Waals surface area contributed by atoms with Crippen molar-refractivity contribution in [2.24, 2.45) is 0 Å². The average molecular weight is 417 g/mol. The van der Waals surface area contributed by atoms with E-state index in [0.29, 0.717) is 11.3 Å². The van der Waals surface area contributed by atoms with Gasteiger partial charge >= 0.3 is 0 Å². The first-order valence-electron chi connectivity index (χ1n) is 8.40. The number of nitrogens with one attached hydrogen (secondary N) is 1. The van der Waals surface area contributed by atoms with Crippen molar-refractivity contribution < 1.29 is 14.1 Å². The predicted octanol–water partition coefficient (Wildman–Crippen LogP) is 3.04. The molecule has 0 aliphatic heterocycles. The number of nitrogens with zero attached hydrogens (tertiary/aromatic N) is 3. The summed E-state index contributed by atoms with van der Waals surface area (Å²) in [5, 5.41) is 13.3. The monoisotopic (exact) mass is 416 g/mol. The Morgan fingerprint density at radius 3 is 2.55 bits per heavy atom. The number of non-ortho nitro benzene ring substituents is 1. The zero-order valence-electron chi connectivity index (χ0n) is 14.8. The molecular weight excluding hydrogens is 403 g/mol. The lowest BCUT2D eigenvalue weighted by Crippen LogP contribution is -2.31. The van der Waals surface area contributed by atoms with E-state index in [-0.39, 0.29) is 40.7 Å². The zero-order valence-corrected chi connectivity index (χ0v) is 15.6. The lowest BCUT2D eigenvalue weighted by atomic mass is 10.1. The summed E-state index contributed by atoms with van der Waals surface area (Å²) < 4.78 is 14.3. The number of hydrogen-bond acceptors (Lipinski definition) is 5. The van der Waals surface area contributed by atoms with Gasteiger partial charge in [-0.05, 0) is 30.3 Å². The Kier molecular flexibility index (Phi) is 5.99. The molecule has 1 N–H and O–H groups in total. The van der Waals surface area contributed by atoms with Crippen LogP contribution in [0.1, 0.15) is 10.4 Å². The number of benzene rings is 2. The van der Waals surface area contributed by atoms with Crippen LogP contribution in [0.25, 0.3) is 11.3 Å². The van der Waals surface area contributed by atoms with Gasteiger partial charge in [-0.15, -0.1) is 0 Å². The second-order valence-corrected chi connectivity index (χ2v) is 6.40. The number of hydrogen-bond donors (Lipinski definition) is 1. The molecule has 2 aromatic carbocycles. The van der Waals surface area contributed by atoms with Crippen LogP contribution in [-0.2, 0) is 6.54 Å². The van der Waals surface area contributed by atoms with Gasteiger partial charge in [-0.25, -0.2) is 9.37 Å². The molecule has 0 atom stereocenters. The van der Waals surface area contributed by atoms with Gasteiger partial charge in [0.1, 0.15) is 5.82 Å². The van der Waals surface area contributed by atoms with E-state index in [2.05, 4.69) is 10.3 Å². The number of rotatable bonds is 6. The lowest BCUT2D eigenvalue weighted by Gasteiger charge is -2.09. The highest BCUT2D eigenvalue weighted by Crippen LogP contribution is 2.22. The molecule has 0 aliphatic rings. The van der Waals surface area contributed by atoms with Crippen molar-refractivity contribution in [1.29, 1.82) is 0 Å². The molecule has 29 heavy (non-hydrogen) atoms. The number of aromatic nitrogens is 2. The summed E-state index contributed by atoms with van der Waals surface area (Å²) >= 11 is 5.92. The Labute approximate surface area is 168 Å². The predicted molar refractivity (Wildman–Crippen MR) is 104 cm³/mol. The van der Waals surface area contributed by atoms with Crippen LogP contribution in [0.4, 0.5) is 10.1 Å². The van der Waals surface area contributed by atoms with Crippen LogP contribution in [0.3, 0.4) is 0 Å². The van der Waals surface area contributed by atoms with Gasteiger partial charge in [0.15, 0.2) is 0 Å². The summed E-state index contributed by atoms with van der Waals surface area (Å²) in [6.07, 6.45) is 1.34. The van der Waals surface area contributed by atoms with Gasteiger partial charge in [-0.1, -0.05) is 11.6 Å². The minimum absolute atomic E-state index is 0.0424. The van der Waals surface area contributed by atoms with E-state index < -0.39 is 10.8 Å². The molecule has 1 heterocycles. The Hall–Kier alpha value is -3.59. The average Bonchev–Trinajstić information content (AvgIpc) is 2.69. The summed E-state index contributed by atoms with van der Waals surface area (Å²) in [4.78, 5) is 38.7. The van der Waals surface area contributed by atoms with Gasteiger partial charge in [0.25, 0.3) is 17.2 Å². The number of carbonyl (C=O) groups excluding carboxylic acids is 1. The molecule has 0 aliphatic carbocycles. The maximum atomic E-state index is 13.0. The minimum Gasteiger partial charge on any atom is -0.350 e. The zero-order chi connectivity index (χ0) is 21.0. The molecule has 8 nitrogen and oxygen atoms in total. The van der Waals surface area contributed by atoms with Crippen molar-refractivity contribution in [2.45, 2.75) is 6.54 Å². The van der Waals surface area contributed by atoms with E-state index in [1.807, 2.05) is 0 Å². The Morgan fingerprint density at radius 1 is 1.21 bits per heavy atom. The van der Waals surface area contributed by atoms with Crippen molar-refractivity contribution in [3.05, 3.63) is 91.7 Å². The molecule has 0 unspecified atom stereocenters. The Morgan fingerprint density at radius 2 is 1.93 bits per heavy atom. The van der Waals surface area contributed by atoms with Gasteiger partial charge in [0, 0.05) is 36.9 Å². The fraction of sp³-hybridized carbons (Fsp3) is 0.105. The van der Waals surface area contributed by atoms with E-state index >= 15 is 0 Å². The van der Waals surface area contributed by atoms with Gasteiger partial charge in [-0.3, -0.25) is 24.3 Å². The Bertz CT molecular complexity index is 1130. The van der Waals surface area contributed by atoms with Crippen molar-refractivity contribution in [1.82, 2.24) is 14.9 Å². The first kappa shape index (κ1) is 20.2. The largest absolute Gasteiger partial charge is 0.350 e.